The van der Waals surface area contributed by atoms with E-state index < -0.39 is 0 Å². The highest BCUT2D eigenvalue weighted by Gasteiger charge is 2.22. The van der Waals surface area contributed by atoms with Crippen LogP contribution in [-0.2, 0) is 9.59 Å². The van der Waals surface area contributed by atoms with Crippen molar-refractivity contribution < 1.29 is 9.59 Å². The predicted octanol–water partition coefficient (Wildman–Crippen LogP) is 4.79. The quantitative estimate of drug-likeness (QED) is 0.705. The fraction of sp³-hybridized carbons (Fsp3) is 0.0556. The molecule has 4 nitrogen and oxygen atoms in total. The van der Waals surface area contributed by atoms with Crippen molar-refractivity contribution in [2.24, 2.45) is 4.99 Å². The number of rotatable bonds is 4. The number of amides is 2. The molecule has 2 aromatic carbocycles. The highest BCUT2D eigenvalue weighted by atomic mass is 79.9. The first-order valence-electron chi connectivity index (χ1n) is 7.36. The Kier molecular flexibility index (Phi) is 6.12. The number of nitrogens with one attached hydrogen (secondary N) is 1. The number of anilines is 1. The van der Waals surface area contributed by atoms with Gasteiger partial charge in [0.25, 0.3) is 5.91 Å². The van der Waals surface area contributed by atoms with Crippen molar-refractivity contribution in [1.29, 1.82) is 0 Å². The van der Waals surface area contributed by atoms with Crippen molar-refractivity contribution in [3.8, 4) is 0 Å². The summed E-state index contributed by atoms with van der Waals surface area (Å²) in [6, 6.07) is 17.0. The van der Waals surface area contributed by atoms with E-state index in [-0.39, 0.29) is 17.6 Å². The molecule has 0 saturated carbocycles. The Morgan fingerprint density at radius 2 is 1.88 bits per heavy atom. The summed E-state index contributed by atoms with van der Waals surface area (Å²) in [5.74, 6) is -0.193. The zero-order valence-electron chi connectivity index (χ0n) is 12.9. The van der Waals surface area contributed by atoms with E-state index in [1.807, 2.05) is 60.7 Å². The van der Waals surface area contributed by atoms with Gasteiger partial charge >= 0.3 is 0 Å². The van der Waals surface area contributed by atoms with Crippen LogP contribution in [0, 0.1) is 0 Å². The summed E-state index contributed by atoms with van der Waals surface area (Å²) in [6.45, 7) is 0. The molecule has 0 aromatic heterocycles. The number of halogens is 1. The van der Waals surface area contributed by atoms with E-state index in [0.29, 0.717) is 9.28 Å². The molecular weight excluding hydrogens is 420 g/mol. The Hall–Kier alpha value is -1.83. The number of carbonyl (C=O) groups is 2. The van der Waals surface area contributed by atoms with E-state index in [9.17, 15) is 9.59 Å². The minimum Gasteiger partial charge on any atom is -0.325 e. The van der Waals surface area contributed by atoms with Gasteiger partial charge in [-0.2, -0.15) is 4.99 Å². The lowest BCUT2D eigenvalue weighted by atomic mass is 10.2. The van der Waals surface area contributed by atoms with Gasteiger partial charge in [-0.15, -0.1) is 0 Å². The Morgan fingerprint density at radius 1 is 1.16 bits per heavy atom. The maximum absolute atomic E-state index is 12.0. The molecule has 1 heterocycles. The van der Waals surface area contributed by atoms with E-state index in [1.54, 1.807) is 0 Å². The van der Waals surface area contributed by atoms with Crippen LogP contribution in [0.5, 0.6) is 0 Å². The fourth-order valence-electron chi connectivity index (χ4n) is 2.01. The van der Waals surface area contributed by atoms with Crippen LogP contribution in [0.2, 0.25) is 0 Å². The highest BCUT2D eigenvalue weighted by Crippen LogP contribution is 2.33. The first kappa shape index (κ1) is 18.0. The molecule has 1 N–H and O–H groups in total. The highest BCUT2D eigenvalue weighted by molar-refractivity contribution is 9.10. The van der Waals surface area contributed by atoms with Gasteiger partial charge in [-0.3, -0.25) is 9.59 Å². The van der Waals surface area contributed by atoms with Crippen LogP contribution in [0.25, 0.3) is 6.08 Å². The molecule has 3 rings (SSSR count). The van der Waals surface area contributed by atoms with Crippen molar-refractivity contribution in [3.63, 3.8) is 0 Å². The van der Waals surface area contributed by atoms with E-state index >= 15 is 0 Å². The predicted molar refractivity (Wildman–Crippen MR) is 110 cm³/mol. The van der Waals surface area contributed by atoms with E-state index in [2.05, 4.69) is 26.2 Å². The molecular formula is C18H13BrN2O2S2. The van der Waals surface area contributed by atoms with Gasteiger partial charge in [0.1, 0.15) is 4.38 Å². The van der Waals surface area contributed by atoms with Gasteiger partial charge in [-0.1, -0.05) is 69.8 Å². The van der Waals surface area contributed by atoms with Crippen LogP contribution in [-0.4, -0.2) is 21.9 Å². The largest absolute Gasteiger partial charge is 0.325 e. The molecule has 1 aliphatic rings. The zero-order chi connectivity index (χ0) is 17.6. The molecule has 2 aromatic rings. The molecule has 0 radical (unpaired) electrons. The first-order valence-corrected chi connectivity index (χ1v) is 9.95. The summed E-state index contributed by atoms with van der Waals surface area (Å²) < 4.78 is 1.55. The Morgan fingerprint density at radius 3 is 2.60 bits per heavy atom. The molecule has 0 unspecified atom stereocenters. The lowest BCUT2D eigenvalue weighted by molar-refractivity contribution is -0.114. The number of thioether (sulfide) groups is 2. The number of nitrogens with zero attached hydrogens (tertiary/aromatic N) is 1. The van der Waals surface area contributed by atoms with E-state index in [4.69, 9.17) is 0 Å². The van der Waals surface area contributed by atoms with Gasteiger partial charge in [0.2, 0.25) is 5.91 Å². The monoisotopic (exact) mass is 432 g/mol. The topological polar surface area (TPSA) is 58.5 Å². The maximum atomic E-state index is 12.0. The van der Waals surface area contributed by atoms with Crippen LogP contribution in [0.4, 0.5) is 5.69 Å². The molecule has 0 atom stereocenters. The average molecular weight is 433 g/mol. The van der Waals surface area contributed by atoms with E-state index in [1.165, 1.54) is 23.5 Å². The van der Waals surface area contributed by atoms with Gasteiger partial charge in [-0.25, -0.2) is 0 Å². The van der Waals surface area contributed by atoms with Crippen LogP contribution in [0.1, 0.15) is 5.56 Å². The SMILES string of the molecule is O=C(CSC1=NC(=O)C(=Cc2ccccc2)S1)Nc1ccc(Br)cc1. The van der Waals surface area contributed by atoms with Crippen LogP contribution in [0.15, 0.2) is 69.0 Å². The molecule has 25 heavy (non-hydrogen) atoms. The normalized spacial score (nSPS) is 15.3. The lowest BCUT2D eigenvalue weighted by Gasteiger charge is -2.04. The summed E-state index contributed by atoms with van der Waals surface area (Å²) in [4.78, 5) is 28.5. The summed E-state index contributed by atoms with van der Waals surface area (Å²) >= 11 is 5.91. The minimum atomic E-state index is -0.260. The first-order chi connectivity index (χ1) is 12.1. The average Bonchev–Trinajstić information content (AvgIpc) is 2.96. The van der Waals surface area contributed by atoms with Crippen molar-refractivity contribution in [2.45, 2.75) is 0 Å². The van der Waals surface area contributed by atoms with Crippen LogP contribution < -0.4 is 5.32 Å². The number of hydrogen-bond acceptors (Lipinski definition) is 4. The third-order valence-corrected chi connectivity index (χ3v) is 5.81. The van der Waals surface area contributed by atoms with Crippen LogP contribution in [0.3, 0.4) is 0 Å². The summed E-state index contributed by atoms with van der Waals surface area (Å²) in [6.07, 6.45) is 1.81. The van der Waals surface area contributed by atoms with Crippen molar-refractivity contribution in [2.75, 3.05) is 11.1 Å². The number of carbonyl (C=O) groups excluding carboxylic acids is 2. The Balaban J connectivity index is 1.53. The summed E-state index contributed by atoms with van der Waals surface area (Å²) in [5.41, 5.74) is 1.68. The Labute approximate surface area is 162 Å². The molecule has 0 bridgehead atoms. The van der Waals surface area contributed by atoms with Crippen molar-refractivity contribution in [1.82, 2.24) is 0 Å². The molecule has 0 spiro atoms. The molecule has 0 aliphatic carbocycles. The molecule has 126 valence electrons. The second-order valence-corrected chi connectivity index (χ2v) is 8.22. The third-order valence-electron chi connectivity index (χ3n) is 3.15. The fourth-order valence-corrected chi connectivity index (χ4v) is 4.07. The zero-order valence-corrected chi connectivity index (χ0v) is 16.2. The summed E-state index contributed by atoms with van der Waals surface area (Å²) in [5, 5.41) is 2.81. The van der Waals surface area contributed by atoms with Crippen LogP contribution >= 0.6 is 39.5 Å². The molecule has 1 aliphatic heterocycles. The van der Waals surface area contributed by atoms with E-state index in [0.717, 1.165) is 15.7 Å². The minimum absolute atomic E-state index is 0.136. The number of benzene rings is 2. The molecule has 2 amide bonds. The molecule has 0 saturated heterocycles. The third kappa shape index (κ3) is 5.32. The molecule has 0 fully saturated rings. The van der Waals surface area contributed by atoms with Crippen molar-refractivity contribution >= 4 is 67.4 Å². The summed E-state index contributed by atoms with van der Waals surface area (Å²) in [7, 11) is 0. The second kappa shape index (κ2) is 8.51. The maximum Gasteiger partial charge on any atom is 0.285 e. The van der Waals surface area contributed by atoms with Gasteiger partial charge in [0, 0.05) is 10.2 Å². The lowest BCUT2D eigenvalue weighted by Crippen LogP contribution is -2.14. The number of aliphatic imine (C=N–C) groups is 1. The van der Waals surface area contributed by atoms with Gasteiger partial charge in [0.15, 0.2) is 0 Å². The van der Waals surface area contributed by atoms with Gasteiger partial charge in [-0.05, 0) is 35.9 Å². The second-order valence-electron chi connectivity index (χ2n) is 5.05. The Bertz CT molecular complexity index is 849. The standard InChI is InChI=1S/C18H13BrN2O2S2/c19-13-6-8-14(9-7-13)20-16(22)11-24-18-21-17(23)15(25-18)10-12-4-2-1-3-5-12/h1-10H,11H2,(H,20,22). The van der Waals surface area contributed by atoms with Gasteiger partial charge < -0.3 is 5.32 Å². The van der Waals surface area contributed by atoms with Crippen molar-refractivity contribution in [3.05, 3.63) is 69.5 Å². The number of hydrogen-bond donors (Lipinski definition) is 1. The van der Waals surface area contributed by atoms with Gasteiger partial charge in [0.05, 0.1) is 10.7 Å². The smallest absolute Gasteiger partial charge is 0.285 e. The molecule has 7 heteroatoms.